The van der Waals surface area contributed by atoms with Gasteiger partial charge in [0, 0.05) is 36.7 Å². The van der Waals surface area contributed by atoms with Crippen LogP contribution in [0.1, 0.15) is 45.1 Å². The van der Waals surface area contributed by atoms with E-state index in [4.69, 9.17) is 15.2 Å². The number of rotatable bonds is 21. The molecule has 2 aromatic carbocycles. The topological polar surface area (TPSA) is 227 Å². The van der Waals surface area contributed by atoms with Crippen LogP contribution in [0.5, 0.6) is 5.75 Å². The van der Waals surface area contributed by atoms with Gasteiger partial charge in [-0.25, -0.2) is 9.59 Å². The van der Waals surface area contributed by atoms with Crippen LogP contribution in [0.3, 0.4) is 0 Å². The number of nitrogens with zero attached hydrogens (tertiary/aromatic N) is 3. The largest absolute Gasteiger partial charge is 0.514 e. The summed E-state index contributed by atoms with van der Waals surface area (Å²) in [6.45, 7) is 10.5. The first-order valence-electron chi connectivity index (χ1n) is 18.5. The molecular formula is C40H51N7O10S. The Morgan fingerprint density at radius 3 is 2.09 bits per heavy atom. The fourth-order valence-corrected chi connectivity index (χ4v) is 6.44. The van der Waals surface area contributed by atoms with Crippen LogP contribution in [0.15, 0.2) is 79.9 Å². The van der Waals surface area contributed by atoms with E-state index in [1.54, 1.807) is 68.4 Å². The highest BCUT2D eigenvalue weighted by Crippen LogP contribution is 2.20. The molecule has 18 heteroatoms. The number of ether oxygens (including phenoxy) is 2. The number of carbonyl (C=O) groups excluding carboxylic acids is 8. The van der Waals surface area contributed by atoms with E-state index < -0.39 is 47.8 Å². The summed E-state index contributed by atoms with van der Waals surface area (Å²) in [6.07, 6.45) is 1.73. The van der Waals surface area contributed by atoms with Crippen molar-refractivity contribution in [2.24, 2.45) is 17.6 Å². The number of thioether (sulfide) groups is 1. The first kappa shape index (κ1) is 46.2. The van der Waals surface area contributed by atoms with Crippen molar-refractivity contribution in [2.75, 3.05) is 43.4 Å². The number of carbonyl (C=O) groups is 8. The van der Waals surface area contributed by atoms with Crippen LogP contribution in [0.4, 0.5) is 15.3 Å². The molecule has 0 unspecified atom stereocenters. The summed E-state index contributed by atoms with van der Waals surface area (Å²) in [5.74, 6) is -3.03. The lowest BCUT2D eigenvalue weighted by atomic mass is 9.89. The number of hydrogen-bond acceptors (Lipinski definition) is 11. The standard InChI is InChI=1S/C40H51N7O10S/c1-5-34(50)45-24-46(35(51)6-2)26-47(25-45)36(52)18-20-58-23-33(49)44-37(27(3)4)32(48)21-29(11-10-19-42-39(41)54)38(53)43-30-16-14-28(15-17-30)22-56-40(55)57-31-12-8-7-9-13-31/h5-9,12-17,27,29,37H,1-2,10-11,18-26H2,3-4H3,(H,43,53)(H,44,49)(H3,41,42,54)/t29-,37+/m1/s1. The summed E-state index contributed by atoms with van der Waals surface area (Å²) < 4.78 is 10.3. The van der Waals surface area contributed by atoms with Gasteiger partial charge >= 0.3 is 12.2 Å². The molecule has 1 saturated heterocycles. The molecule has 5 N–H and O–H groups in total. The molecule has 17 nitrogen and oxygen atoms in total. The highest BCUT2D eigenvalue weighted by atomic mass is 32.2. The lowest BCUT2D eigenvalue weighted by molar-refractivity contribution is -0.154. The van der Waals surface area contributed by atoms with Crippen molar-refractivity contribution in [3.05, 3.63) is 85.5 Å². The number of Topliss-reactive ketones (excluding diaryl/α,β-unsaturated/α-hetero) is 1. The molecule has 0 bridgehead atoms. The van der Waals surface area contributed by atoms with Gasteiger partial charge in [0.1, 0.15) is 12.4 Å². The van der Waals surface area contributed by atoms with Crippen molar-refractivity contribution < 1.29 is 47.8 Å². The maximum atomic E-state index is 13.6. The molecular weight excluding hydrogens is 771 g/mol. The Hall–Kier alpha value is -6.17. The van der Waals surface area contributed by atoms with Crippen LogP contribution >= 0.6 is 11.8 Å². The number of nitrogens with one attached hydrogen (secondary N) is 3. The van der Waals surface area contributed by atoms with Gasteiger partial charge in [-0.3, -0.25) is 28.8 Å². The van der Waals surface area contributed by atoms with Crippen molar-refractivity contribution in [1.82, 2.24) is 25.3 Å². The van der Waals surface area contributed by atoms with Gasteiger partial charge < -0.3 is 45.9 Å². The van der Waals surface area contributed by atoms with Gasteiger partial charge in [-0.2, -0.15) is 11.8 Å². The quantitative estimate of drug-likeness (QED) is 0.0618. The van der Waals surface area contributed by atoms with Gasteiger partial charge in [-0.15, -0.1) is 0 Å². The average Bonchev–Trinajstić information content (AvgIpc) is 3.21. The molecule has 0 spiro atoms. The number of primary amides is 1. The van der Waals surface area contributed by atoms with Crippen LogP contribution in [-0.4, -0.2) is 106 Å². The van der Waals surface area contributed by atoms with Crippen LogP contribution < -0.4 is 26.4 Å². The van der Waals surface area contributed by atoms with Crippen LogP contribution in [0.25, 0.3) is 0 Å². The molecule has 58 heavy (non-hydrogen) atoms. The fraction of sp³-hybridized carbons (Fsp3) is 0.400. The zero-order chi connectivity index (χ0) is 42.6. The van der Waals surface area contributed by atoms with Crippen molar-refractivity contribution in [3.8, 4) is 5.75 Å². The van der Waals surface area contributed by atoms with Crippen molar-refractivity contribution in [3.63, 3.8) is 0 Å². The van der Waals surface area contributed by atoms with Crippen molar-refractivity contribution >= 4 is 65.0 Å². The number of amides is 7. The predicted octanol–water partition coefficient (Wildman–Crippen LogP) is 3.37. The molecule has 7 amide bonds. The van der Waals surface area contributed by atoms with Gasteiger partial charge in [0.2, 0.25) is 29.5 Å². The van der Waals surface area contributed by atoms with E-state index in [1.807, 2.05) is 0 Å². The third-order valence-electron chi connectivity index (χ3n) is 8.74. The molecule has 0 aromatic heterocycles. The van der Waals surface area contributed by atoms with E-state index in [-0.39, 0.29) is 81.5 Å². The zero-order valence-electron chi connectivity index (χ0n) is 32.7. The highest BCUT2D eigenvalue weighted by molar-refractivity contribution is 7.99. The second-order valence-electron chi connectivity index (χ2n) is 13.6. The molecule has 0 saturated carbocycles. The minimum absolute atomic E-state index is 0.00978. The van der Waals surface area contributed by atoms with Gasteiger partial charge in [0.15, 0.2) is 5.78 Å². The third-order valence-corrected chi connectivity index (χ3v) is 9.70. The number of benzene rings is 2. The number of anilines is 1. The van der Waals surface area contributed by atoms with Crippen LogP contribution in [-0.2, 0) is 40.1 Å². The van der Waals surface area contributed by atoms with E-state index in [1.165, 1.54) is 26.5 Å². The first-order valence-corrected chi connectivity index (χ1v) is 19.7. The van der Waals surface area contributed by atoms with Gasteiger partial charge in [-0.1, -0.05) is 57.3 Å². The average molecular weight is 822 g/mol. The molecule has 0 aliphatic carbocycles. The maximum absolute atomic E-state index is 13.6. The molecule has 2 aromatic rings. The molecule has 1 fully saturated rings. The van der Waals surface area contributed by atoms with Crippen molar-refractivity contribution in [1.29, 1.82) is 0 Å². The summed E-state index contributed by atoms with van der Waals surface area (Å²) in [4.78, 5) is 105. The SMILES string of the molecule is C=CC(=O)N1CN(C(=O)C=C)CN(C(=O)CCSCC(=O)N[C@H](C(=O)C[C@@H](CCCNC(N)=O)C(=O)Nc2ccc(COC(=O)Oc3ccccc3)cc2)C(C)C)C1. The molecule has 312 valence electrons. The Kier molecular flexibility index (Phi) is 19.0. The van der Waals surface area contributed by atoms with Gasteiger partial charge in [0.05, 0.1) is 31.8 Å². The number of hydrogen-bond donors (Lipinski definition) is 4. The third kappa shape index (κ3) is 15.8. The second-order valence-corrected chi connectivity index (χ2v) is 14.7. The fourth-order valence-electron chi connectivity index (χ4n) is 5.70. The van der Waals surface area contributed by atoms with E-state index in [0.29, 0.717) is 23.4 Å². The monoisotopic (exact) mass is 821 g/mol. The minimum atomic E-state index is -0.906. The zero-order valence-corrected chi connectivity index (χ0v) is 33.5. The molecule has 1 heterocycles. The summed E-state index contributed by atoms with van der Waals surface area (Å²) in [7, 11) is 0. The van der Waals surface area contributed by atoms with E-state index in [0.717, 1.165) is 12.2 Å². The number of urea groups is 1. The molecule has 3 rings (SSSR count). The summed E-state index contributed by atoms with van der Waals surface area (Å²) >= 11 is 1.18. The van der Waals surface area contributed by atoms with Crippen molar-refractivity contribution in [2.45, 2.75) is 52.2 Å². The summed E-state index contributed by atoms with van der Waals surface area (Å²) in [6, 6.07) is 13.4. The Labute approximate surface area is 341 Å². The predicted molar refractivity (Wildman–Crippen MR) is 217 cm³/mol. The van der Waals surface area contributed by atoms with Gasteiger partial charge in [-0.05, 0) is 60.7 Å². The van der Waals surface area contributed by atoms with E-state index in [9.17, 15) is 38.4 Å². The van der Waals surface area contributed by atoms with Gasteiger partial charge in [0.25, 0.3) is 0 Å². The second kappa shape index (κ2) is 23.8. The summed E-state index contributed by atoms with van der Waals surface area (Å²) in [5.41, 5.74) is 6.25. The lowest BCUT2D eigenvalue weighted by Crippen LogP contribution is -2.59. The molecule has 0 radical (unpaired) electrons. The normalized spacial score (nSPS) is 13.4. The number of nitrogens with two attached hydrogens (primary N) is 1. The van der Waals surface area contributed by atoms with Crippen LogP contribution in [0, 0.1) is 11.8 Å². The smallest absolute Gasteiger partial charge is 0.429 e. The first-order chi connectivity index (χ1) is 27.7. The molecule has 1 aliphatic rings. The highest BCUT2D eigenvalue weighted by Gasteiger charge is 2.31. The van der Waals surface area contributed by atoms with E-state index in [2.05, 4.69) is 29.1 Å². The maximum Gasteiger partial charge on any atom is 0.514 e. The lowest BCUT2D eigenvalue weighted by Gasteiger charge is -2.41. The Balaban J connectivity index is 1.53. The Morgan fingerprint density at radius 1 is 0.879 bits per heavy atom. The van der Waals surface area contributed by atoms with E-state index >= 15 is 0 Å². The molecule has 2 atom stereocenters. The minimum Gasteiger partial charge on any atom is -0.429 e. The Bertz CT molecular complexity index is 1760. The molecule has 1 aliphatic heterocycles. The van der Waals surface area contributed by atoms with Crippen LogP contribution in [0.2, 0.25) is 0 Å². The number of para-hydroxylation sites is 1. The Morgan fingerprint density at radius 2 is 1.50 bits per heavy atom. The summed E-state index contributed by atoms with van der Waals surface area (Å²) in [5, 5.41) is 8.06. The number of ketones is 1.